The van der Waals surface area contributed by atoms with Gasteiger partial charge in [0.05, 0.1) is 11.0 Å². The van der Waals surface area contributed by atoms with Crippen molar-refractivity contribution in [2.45, 2.75) is 18.5 Å². The Hall–Kier alpha value is -1.90. The number of aromatic nitrogens is 2. The van der Waals surface area contributed by atoms with Crippen LogP contribution in [0.2, 0.25) is 0 Å². The van der Waals surface area contributed by atoms with Crippen molar-refractivity contribution >= 4 is 28.0 Å². The second kappa shape index (κ2) is 6.54. The second-order valence-electron chi connectivity index (χ2n) is 6.00. The monoisotopic (exact) mass is 344 g/mol. The third kappa shape index (κ3) is 3.04. The summed E-state index contributed by atoms with van der Waals surface area (Å²) < 4.78 is 0. The molecule has 1 fully saturated rings. The van der Waals surface area contributed by atoms with Crippen molar-refractivity contribution in [1.29, 1.82) is 0 Å². The molecule has 2 N–H and O–H groups in total. The van der Waals surface area contributed by atoms with Gasteiger partial charge in [0.15, 0.2) is 10.7 Å². The molecule has 7 nitrogen and oxygen atoms in total. The van der Waals surface area contributed by atoms with Crippen LogP contribution >= 0.6 is 11.8 Å². The Balaban J connectivity index is 1.42. The summed E-state index contributed by atoms with van der Waals surface area (Å²) in [6.07, 6.45) is 3.46. The molecule has 2 aliphatic rings. The van der Waals surface area contributed by atoms with Crippen molar-refractivity contribution in [1.82, 2.24) is 25.2 Å². The number of piperazine rings is 1. The van der Waals surface area contributed by atoms with E-state index in [-0.39, 0.29) is 0 Å². The topological polar surface area (TPSA) is 76.9 Å². The van der Waals surface area contributed by atoms with Gasteiger partial charge in [-0.3, -0.25) is 20.3 Å². The van der Waals surface area contributed by atoms with E-state index in [1.54, 1.807) is 12.4 Å². The molecule has 2 atom stereocenters. The van der Waals surface area contributed by atoms with E-state index in [1.807, 2.05) is 6.07 Å². The molecule has 4 rings (SSSR count). The van der Waals surface area contributed by atoms with Gasteiger partial charge in [-0.25, -0.2) is 0 Å². The van der Waals surface area contributed by atoms with Crippen molar-refractivity contribution in [3.8, 4) is 0 Å². The molecule has 126 valence electrons. The summed E-state index contributed by atoms with van der Waals surface area (Å²) in [5.41, 5.74) is 5.20. The van der Waals surface area contributed by atoms with Crippen molar-refractivity contribution < 1.29 is 5.11 Å². The van der Waals surface area contributed by atoms with Crippen LogP contribution in [0.5, 0.6) is 0 Å². The molecule has 24 heavy (non-hydrogen) atoms. The van der Waals surface area contributed by atoms with Gasteiger partial charge in [0.2, 0.25) is 0 Å². The first-order chi connectivity index (χ1) is 11.7. The number of amidine groups is 1. The van der Waals surface area contributed by atoms with Crippen LogP contribution in [0.4, 0.5) is 0 Å². The molecule has 8 heteroatoms. The zero-order chi connectivity index (χ0) is 16.5. The van der Waals surface area contributed by atoms with Gasteiger partial charge in [-0.15, -0.1) is 0 Å². The number of aliphatic hydroxyl groups excluding tert-OH is 1. The Morgan fingerprint density at radius 1 is 1.17 bits per heavy atom. The van der Waals surface area contributed by atoms with Crippen LogP contribution in [-0.2, 0) is 0 Å². The van der Waals surface area contributed by atoms with Crippen LogP contribution in [0.3, 0.4) is 0 Å². The van der Waals surface area contributed by atoms with Gasteiger partial charge in [-0.1, -0.05) is 6.07 Å². The molecular weight excluding hydrogens is 324 g/mol. The average Bonchev–Trinajstić information content (AvgIpc) is 3.07. The fourth-order valence-corrected chi connectivity index (χ4v) is 3.90. The van der Waals surface area contributed by atoms with Crippen molar-refractivity contribution in [3.05, 3.63) is 36.2 Å². The van der Waals surface area contributed by atoms with Crippen LogP contribution in [0.1, 0.15) is 18.5 Å². The molecule has 1 aromatic carbocycles. The Kier molecular flexibility index (Phi) is 4.26. The minimum absolute atomic E-state index is 0.334. The van der Waals surface area contributed by atoms with Gasteiger partial charge >= 0.3 is 0 Å². The van der Waals surface area contributed by atoms with E-state index < -0.39 is 5.56 Å². The van der Waals surface area contributed by atoms with Gasteiger partial charge in [0.25, 0.3) is 0 Å². The minimum Gasteiger partial charge on any atom is -0.363 e. The lowest BCUT2D eigenvalue weighted by molar-refractivity contribution is 0.142. The maximum Gasteiger partial charge on any atom is 0.195 e. The fraction of sp³-hybridized carbons (Fsp3) is 0.438. The van der Waals surface area contributed by atoms with Gasteiger partial charge in [-0.05, 0) is 36.4 Å². The summed E-state index contributed by atoms with van der Waals surface area (Å²) in [6, 6.07) is 6.66. The molecule has 0 amide bonds. The Bertz CT molecular complexity index is 761. The fourth-order valence-electron chi connectivity index (χ4n) is 3.16. The molecule has 2 unspecified atom stereocenters. The minimum atomic E-state index is -0.615. The first-order valence-corrected chi connectivity index (χ1v) is 8.96. The summed E-state index contributed by atoms with van der Waals surface area (Å²) in [5, 5.41) is 14.6. The number of nitrogens with one attached hydrogen (secondary N) is 1. The summed E-state index contributed by atoms with van der Waals surface area (Å²) in [7, 11) is 0. The lowest BCUT2D eigenvalue weighted by atomic mass is 10.1. The van der Waals surface area contributed by atoms with E-state index in [1.165, 1.54) is 17.3 Å². The van der Waals surface area contributed by atoms with Crippen LogP contribution in [0.25, 0.3) is 11.0 Å². The number of hydrazone groups is 1. The average molecular weight is 344 g/mol. The van der Waals surface area contributed by atoms with Gasteiger partial charge in [0.1, 0.15) is 0 Å². The van der Waals surface area contributed by atoms with Crippen LogP contribution < -0.4 is 5.43 Å². The maximum absolute atomic E-state index is 9.49. The smallest absolute Gasteiger partial charge is 0.195 e. The van der Waals surface area contributed by atoms with Crippen LogP contribution in [0.15, 0.2) is 35.7 Å². The predicted molar refractivity (Wildman–Crippen MR) is 95.3 cm³/mol. The van der Waals surface area contributed by atoms with Crippen molar-refractivity contribution in [2.75, 3.05) is 26.2 Å². The van der Waals surface area contributed by atoms with E-state index in [0.717, 1.165) is 42.4 Å². The van der Waals surface area contributed by atoms with Crippen LogP contribution in [-0.4, -0.2) is 61.8 Å². The van der Waals surface area contributed by atoms with E-state index in [9.17, 15) is 5.11 Å². The zero-order valence-electron chi connectivity index (χ0n) is 13.5. The number of nitrogens with zero attached hydrogens (tertiary/aromatic N) is 5. The standard InChI is InChI=1S/C16H20N6OS/c1-11(12-2-3-13-14(10-12)18-5-4-17-13)21-6-8-22(9-7-21)15-19-20-16(23)24-15/h2-5,10-11,16,20,23H,6-9H2,1H3. The SMILES string of the molecule is CC(c1ccc2nccnc2c1)N1CCN(C2=NNC(O)S2)CC1. The Labute approximate surface area is 144 Å². The second-order valence-corrected chi connectivity index (χ2v) is 7.04. The van der Waals surface area contributed by atoms with Gasteiger partial charge < -0.3 is 10.0 Å². The number of benzene rings is 1. The van der Waals surface area contributed by atoms with Crippen LogP contribution in [0, 0.1) is 0 Å². The van der Waals surface area contributed by atoms with E-state index in [0.29, 0.717) is 6.04 Å². The van der Waals surface area contributed by atoms with E-state index >= 15 is 0 Å². The zero-order valence-corrected chi connectivity index (χ0v) is 14.3. The number of aliphatic hydroxyl groups is 1. The number of thioether (sulfide) groups is 1. The number of rotatable bonds is 2. The van der Waals surface area contributed by atoms with Gasteiger partial charge in [-0.2, -0.15) is 5.10 Å². The molecule has 0 bridgehead atoms. The molecule has 1 saturated heterocycles. The molecular formula is C16H20N6OS. The first kappa shape index (κ1) is 15.6. The lowest BCUT2D eigenvalue weighted by Gasteiger charge is -2.38. The number of hydrogen-bond acceptors (Lipinski definition) is 8. The summed E-state index contributed by atoms with van der Waals surface area (Å²) in [5.74, 6) is 0. The molecule has 0 radical (unpaired) electrons. The molecule has 2 aromatic rings. The van der Waals surface area contributed by atoms with Gasteiger partial charge in [0, 0.05) is 44.6 Å². The molecule has 2 aliphatic heterocycles. The largest absolute Gasteiger partial charge is 0.363 e. The number of hydrogen-bond donors (Lipinski definition) is 2. The number of fused-ring (bicyclic) bond motifs is 1. The predicted octanol–water partition coefficient (Wildman–Crippen LogP) is 1.19. The highest BCUT2D eigenvalue weighted by Gasteiger charge is 2.27. The highest BCUT2D eigenvalue weighted by molar-refractivity contribution is 8.14. The van der Waals surface area contributed by atoms with E-state index in [4.69, 9.17) is 0 Å². The highest BCUT2D eigenvalue weighted by atomic mass is 32.2. The normalized spacial score (nSPS) is 23.2. The third-order valence-electron chi connectivity index (χ3n) is 4.60. The summed E-state index contributed by atoms with van der Waals surface area (Å²) in [6.45, 7) is 6.00. The molecule has 0 aliphatic carbocycles. The molecule has 0 spiro atoms. The first-order valence-electron chi connectivity index (χ1n) is 8.08. The third-order valence-corrected chi connectivity index (χ3v) is 5.48. The van der Waals surface area contributed by atoms with E-state index in [2.05, 4.69) is 49.4 Å². The quantitative estimate of drug-likeness (QED) is 0.847. The summed E-state index contributed by atoms with van der Waals surface area (Å²) >= 11 is 1.37. The summed E-state index contributed by atoms with van der Waals surface area (Å²) in [4.78, 5) is 13.4. The molecule has 3 heterocycles. The Morgan fingerprint density at radius 3 is 2.62 bits per heavy atom. The lowest BCUT2D eigenvalue weighted by Crippen LogP contribution is -2.48. The van der Waals surface area contributed by atoms with Crippen molar-refractivity contribution in [3.63, 3.8) is 0 Å². The Morgan fingerprint density at radius 2 is 1.92 bits per heavy atom. The maximum atomic E-state index is 9.49. The highest BCUT2D eigenvalue weighted by Crippen LogP contribution is 2.25. The molecule has 1 aromatic heterocycles. The molecule has 0 saturated carbocycles. The van der Waals surface area contributed by atoms with Crippen molar-refractivity contribution in [2.24, 2.45) is 5.10 Å².